The number of carbonyl (C=O) groups excluding carboxylic acids is 1. The normalized spacial score (nSPS) is 24.4. The van der Waals surface area contributed by atoms with Crippen LogP contribution in [0.1, 0.15) is 13.3 Å². The van der Waals surface area contributed by atoms with Crippen LogP contribution >= 0.6 is 15.9 Å². The number of pyridine rings is 1. The summed E-state index contributed by atoms with van der Waals surface area (Å²) in [6, 6.07) is 3.57. The molecule has 0 saturated carbocycles. The third kappa shape index (κ3) is 2.59. The minimum atomic E-state index is -0.346. The number of carbonyl (C=O) groups is 1. The van der Waals surface area contributed by atoms with Gasteiger partial charge in [0.05, 0.1) is 0 Å². The van der Waals surface area contributed by atoms with E-state index >= 15 is 0 Å². The molecule has 2 rings (SSSR count). The highest BCUT2D eigenvalue weighted by Gasteiger charge is 2.30. The van der Waals surface area contributed by atoms with E-state index in [-0.39, 0.29) is 17.9 Å². The molecule has 0 aliphatic carbocycles. The second-order valence-corrected chi connectivity index (χ2v) is 4.82. The lowest BCUT2D eigenvalue weighted by atomic mass is 10.0. The maximum absolute atomic E-state index is 11.8. The summed E-state index contributed by atoms with van der Waals surface area (Å²) in [7, 11) is 0. The highest BCUT2D eigenvalue weighted by atomic mass is 79.9. The summed E-state index contributed by atoms with van der Waals surface area (Å²) < 4.78 is 6.27. The number of hydrogen-bond acceptors (Lipinski definition) is 3. The Labute approximate surface area is 103 Å². The van der Waals surface area contributed by atoms with Crippen molar-refractivity contribution in [3.05, 3.63) is 22.8 Å². The van der Waals surface area contributed by atoms with Gasteiger partial charge in [0.2, 0.25) is 0 Å². The summed E-state index contributed by atoms with van der Waals surface area (Å²) in [5.74, 6) is 0.699. The summed E-state index contributed by atoms with van der Waals surface area (Å²) in [5, 5.41) is 2.75. The van der Waals surface area contributed by atoms with Crippen LogP contribution in [0.2, 0.25) is 0 Å². The Hall–Kier alpha value is -0.940. The number of nitrogens with one attached hydrogen (secondary N) is 1. The van der Waals surface area contributed by atoms with Crippen LogP contribution in [0.25, 0.3) is 0 Å². The van der Waals surface area contributed by atoms with Gasteiger partial charge in [0.15, 0.2) is 0 Å². The van der Waals surface area contributed by atoms with E-state index in [4.69, 9.17) is 4.74 Å². The zero-order chi connectivity index (χ0) is 11.5. The number of amides is 1. The molecule has 2 heterocycles. The van der Waals surface area contributed by atoms with E-state index < -0.39 is 0 Å². The Morgan fingerprint density at radius 2 is 2.50 bits per heavy atom. The molecule has 0 aromatic carbocycles. The summed E-state index contributed by atoms with van der Waals surface area (Å²) in [6.45, 7) is 2.68. The molecule has 0 radical (unpaired) electrons. The van der Waals surface area contributed by atoms with Crippen LogP contribution < -0.4 is 5.32 Å². The Balaban J connectivity index is 2.02. The quantitative estimate of drug-likeness (QED) is 0.906. The number of anilines is 1. The van der Waals surface area contributed by atoms with Crippen LogP contribution in [0.15, 0.2) is 22.8 Å². The lowest BCUT2D eigenvalue weighted by Gasteiger charge is -2.13. The van der Waals surface area contributed by atoms with Gasteiger partial charge in [0.25, 0.3) is 5.91 Å². The van der Waals surface area contributed by atoms with Crippen LogP contribution in [-0.2, 0) is 9.53 Å². The van der Waals surface area contributed by atoms with Gasteiger partial charge in [-0.05, 0) is 24.5 Å². The van der Waals surface area contributed by atoms with E-state index in [0.717, 1.165) is 10.9 Å². The van der Waals surface area contributed by atoms with Gasteiger partial charge < -0.3 is 10.1 Å². The third-order valence-corrected chi connectivity index (χ3v) is 3.11. The predicted octanol–water partition coefficient (Wildman–Crippen LogP) is 2.21. The van der Waals surface area contributed by atoms with Gasteiger partial charge in [-0.3, -0.25) is 4.79 Å². The van der Waals surface area contributed by atoms with E-state index in [1.54, 1.807) is 12.3 Å². The second kappa shape index (κ2) is 4.93. The van der Waals surface area contributed by atoms with Gasteiger partial charge in [-0.15, -0.1) is 0 Å². The molecule has 1 fully saturated rings. The summed E-state index contributed by atoms with van der Waals surface area (Å²) in [5.41, 5.74) is 0. The molecule has 1 amide bonds. The van der Waals surface area contributed by atoms with Crippen molar-refractivity contribution in [2.45, 2.75) is 19.4 Å². The number of ether oxygens (including phenoxy) is 1. The van der Waals surface area contributed by atoms with Crippen LogP contribution in [0.4, 0.5) is 5.82 Å². The van der Waals surface area contributed by atoms with Crippen LogP contribution in [-0.4, -0.2) is 23.6 Å². The molecule has 5 heteroatoms. The first-order chi connectivity index (χ1) is 7.66. The Morgan fingerprint density at radius 3 is 3.12 bits per heavy atom. The second-order valence-electron chi connectivity index (χ2n) is 3.91. The molecule has 2 atom stereocenters. The molecule has 1 aliphatic rings. The summed E-state index contributed by atoms with van der Waals surface area (Å²) in [4.78, 5) is 15.9. The van der Waals surface area contributed by atoms with Crippen molar-refractivity contribution in [3.8, 4) is 0 Å². The molecule has 86 valence electrons. The predicted molar refractivity (Wildman–Crippen MR) is 64.1 cm³/mol. The zero-order valence-electron chi connectivity index (χ0n) is 8.94. The van der Waals surface area contributed by atoms with E-state index in [1.807, 2.05) is 13.0 Å². The maximum atomic E-state index is 11.8. The van der Waals surface area contributed by atoms with Crippen LogP contribution in [0.3, 0.4) is 0 Å². The minimum absolute atomic E-state index is 0.115. The molecular formula is C11H13BrN2O2. The summed E-state index contributed by atoms with van der Waals surface area (Å²) >= 11 is 3.32. The van der Waals surface area contributed by atoms with E-state index in [9.17, 15) is 4.79 Å². The van der Waals surface area contributed by atoms with Gasteiger partial charge >= 0.3 is 0 Å². The Kier molecular flexibility index (Phi) is 3.56. The Morgan fingerprint density at radius 1 is 1.69 bits per heavy atom. The van der Waals surface area contributed by atoms with Crippen molar-refractivity contribution in [2.24, 2.45) is 5.92 Å². The van der Waals surface area contributed by atoms with E-state index in [0.29, 0.717) is 12.4 Å². The molecule has 1 aliphatic heterocycles. The molecule has 4 nitrogen and oxygen atoms in total. The van der Waals surface area contributed by atoms with Gasteiger partial charge in [0, 0.05) is 17.3 Å². The smallest absolute Gasteiger partial charge is 0.254 e. The fourth-order valence-electron chi connectivity index (χ4n) is 1.70. The molecule has 16 heavy (non-hydrogen) atoms. The molecule has 1 N–H and O–H groups in total. The first-order valence-corrected chi connectivity index (χ1v) is 6.00. The van der Waals surface area contributed by atoms with Crippen LogP contribution in [0.5, 0.6) is 0 Å². The molecule has 1 saturated heterocycles. The molecule has 0 bridgehead atoms. The van der Waals surface area contributed by atoms with E-state index in [2.05, 4.69) is 26.2 Å². The fourth-order valence-corrected chi connectivity index (χ4v) is 2.04. The number of halogens is 1. The topological polar surface area (TPSA) is 51.2 Å². The monoisotopic (exact) mass is 284 g/mol. The fraction of sp³-hybridized carbons (Fsp3) is 0.455. The van der Waals surface area contributed by atoms with Crippen molar-refractivity contribution in [2.75, 3.05) is 11.9 Å². The number of nitrogens with zero attached hydrogens (tertiary/aromatic N) is 1. The lowest BCUT2D eigenvalue weighted by Crippen LogP contribution is -2.31. The molecule has 1 aromatic rings. The lowest BCUT2D eigenvalue weighted by molar-refractivity contribution is -0.126. The molecular weight excluding hydrogens is 272 g/mol. The van der Waals surface area contributed by atoms with Crippen molar-refractivity contribution in [1.29, 1.82) is 0 Å². The van der Waals surface area contributed by atoms with Crippen LogP contribution in [0, 0.1) is 5.92 Å². The van der Waals surface area contributed by atoms with Gasteiger partial charge in [-0.1, -0.05) is 22.9 Å². The minimum Gasteiger partial charge on any atom is -0.368 e. The number of hydrogen-bond donors (Lipinski definition) is 1. The first-order valence-electron chi connectivity index (χ1n) is 5.21. The van der Waals surface area contributed by atoms with Crippen molar-refractivity contribution >= 4 is 27.7 Å². The third-order valence-electron chi connectivity index (χ3n) is 2.62. The zero-order valence-corrected chi connectivity index (χ0v) is 10.5. The molecule has 2 unspecified atom stereocenters. The van der Waals surface area contributed by atoms with Gasteiger partial charge in [0.1, 0.15) is 11.9 Å². The van der Waals surface area contributed by atoms with Gasteiger partial charge in [-0.2, -0.15) is 0 Å². The molecule has 0 spiro atoms. The maximum Gasteiger partial charge on any atom is 0.254 e. The average molecular weight is 285 g/mol. The SMILES string of the molecule is CC1CCOC1C(=O)Nc1cc(Br)ccn1. The van der Waals surface area contributed by atoms with Gasteiger partial charge in [-0.25, -0.2) is 4.98 Å². The largest absolute Gasteiger partial charge is 0.368 e. The highest BCUT2D eigenvalue weighted by Crippen LogP contribution is 2.21. The first kappa shape index (κ1) is 11.5. The van der Waals surface area contributed by atoms with Crippen molar-refractivity contribution < 1.29 is 9.53 Å². The van der Waals surface area contributed by atoms with Crippen molar-refractivity contribution in [1.82, 2.24) is 4.98 Å². The summed E-state index contributed by atoms with van der Waals surface area (Å²) in [6.07, 6.45) is 2.23. The standard InChI is InChI=1S/C11H13BrN2O2/c1-7-3-5-16-10(7)11(15)14-9-6-8(12)2-4-13-9/h2,4,6-7,10H,3,5H2,1H3,(H,13,14,15). The van der Waals surface area contributed by atoms with Crippen molar-refractivity contribution in [3.63, 3.8) is 0 Å². The average Bonchev–Trinajstić information content (AvgIpc) is 2.64. The number of rotatable bonds is 2. The molecule has 1 aromatic heterocycles. The highest BCUT2D eigenvalue weighted by molar-refractivity contribution is 9.10. The number of aromatic nitrogens is 1. The van der Waals surface area contributed by atoms with E-state index in [1.165, 1.54) is 0 Å². The Bertz CT molecular complexity index is 397.